The van der Waals surface area contributed by atoms with Crippen LogP contribution < -0.4 is 5.32 Å². The summed E-state index contributed by atoms with van der Waals surface area (Å²) in [5, 5.41) is 10.9. The third-order valence-corrected chi connectivity index (χ3v) is 1.60. The van der Waals surface area contributed by atoms with Crippen LogP contribution in [0.4, 0.5) is 0 Å². The lowest BCUT2D eigenvalue weighted by Crippen LogP contribution is -2.21. The average molecular weight is 199 g/mol. The van der Waals surface area contributed by atoms with Gasteiger partial charge < -0.3 is 14.5 Å². The Labute approximate surface area is 83.9 Å². The Hall–Kier alpha value is -0.940. The van der Waals surface area contributed by atoms with Crippen molar-refractivity contribution in [2.75, 3.05) is 6.61 Å². The van der Waals surface area contributed by atoms with Crippen molar-refractivity contribution in [3.63, 3.8) is 0 Å². The molecule has 0 amide bonds. The number of hydrogen-bond acceptors (Lipinski definition) is 5. The minimum absolute atomic E-state index is 0.394. The third-order valence-electron chi connectivity index (χ3n) is 1.60. The van der Waals surface area contributed by atoms with Gasteiger partial charge in [0.15, 0.2) is 0 Å². The van der Waals surface area contributed by atoms with Crippen LogP contribution in [0.15, 0.2) is 4.42 Å². The van der Waals surface area contributed by atoms with Gasteiger partial charge >= 0.3 is 0 Å². The standard InChI is InChI=1S/C9H17N3O2/c1-4-13-6-9-12-11-8(14-9)5-10-7(2)3/h7,10H,4-6H2,1-3H3. The fraction of sp³-hybridized carbons (Fsp3) is 0.778. The molecule has 0 aliphatic rings. The number of rotatable bonds is 6. The normalized spacial score (nSPS) is 11.1. The van der Waals surface area contributed by atoms with Crippen LogP contribution in [0.5, 0.6) is 0 Å². The second kappa shape index (κ2) is 5.72. The lowest BCUT2D eigenvalue weighted by molar-refractivity contribution is 0.113. The van der Waals surface area contributed by atoms with Gasteiger partial charge in [-0.2, -0.15) is 0 Å². The van der Waals surface area contributed by atoms with Gasteiger partial charge in [-0.15, -0.1) is 10.2 Å². The van der Waals surface area contributed by atoms with E-state index in [-0.39, 0.29) is 0 Å². The van der Waals surface area contributed by atoms with Crippen LogP contribution in [-0.4, -0.2) is 22.8 Å². The topological polar surface area (TPSA) is 60.2 Å². The minimum Gasteiger partial charge on any atom is -0.421 e. The van der Waals surface area contributed by atoms with Crippen LogP contribution in [0.1, 0.15) is 32.6 Å². The average Bonchev–Trinajstić information content (AvgIpc) is 2.59. The second-order valence-corrected chi connectivity index (χ2v) is 3.26. The summed E-state index contributed by atoms with van der Waals surface area (Å²) in [6.07, 6.45) is 0. The Balaban J connectivity index is 2.35. The summed E-state index contributed by atoms with van der Waals surface area (Å²) in [6.45, 7) is 7.72. The monoisotopic (exact) mass is 199 g/mol. The summed E-state index contributed by atoms with van der Waals surface area (Å²) in [4.78, 5) is 0. The van der Waals surface area contributed by atoms with Crippen LogP contribution >= 0.6 is 0 Å². The van der Waals surface area contributed by atoms with E-state index >= 15 is 0 Å². The Morgan fingerprint density at radius 2 is 2.07 bits per heavy atom. The Morgan fingerprint density at radius 3 is 2.71 bits per heavy atom. The summed E-state index contributed by atoms with van der Waals surface area (Å²) in [6, 6.07) is 0.414. The van der Waals surface area contributed by atoms with E-state index < -0.39 is 0 Å². The molecule has 0 aliphatic heterocycles. The van der Waals surface area contributed by atoms with Crippen molar-refractivity contribution in [2.24, 2.45) is 0 Å². The molecule has 0 bridgehead atoms. The van der Waals surface area contributed by atoms with E-state index in [9.17, 15) is 0 Å². The van der Waals surface area contributed by atoms with Crippen molar-refractivity contribution < 1.29 is 9.15 Å². The summed E-state index contributed by atoms with van der Waals surface area (Å²) in [7, 11) is 0. The van der Waals surface area contributed by atoms with Crippen LogP contribution in [0.25, 0.3) is 0 Å². The number of ether oxygens (including phenoxy) is 1. The summed E-state index contributed by atoms with van der Waals surface area (Å²) < 4.78 is 10.5. The van der Waals surface area contributed by atoms with Crippen LogP contribution in [-0.2, 0) is 17.9 Å². The lowest BCUT2D eigenvalue weighted by Gasteiger charge is -2.03. The molecule has 1 heterocycles. The van der Waals surface area contributed by atoms with Gasteiger partial charge in [-0.3, -0.25) is 0 Å². The molecule has 1 aromatic rings. The highest BCUT2D eigenvalue weighted by molar-refractivity contribution is 4.79. The predicted octanol–water partition coefficient (Wildman–Crippen LogP) is 1.10. The van der Waals surface area contributed by atoms with Gasteiger partial charge in [0.1, 0.15) is 6.61 Å². The zero-order valence-corrected chi connectivity index (χ0v) is 8.91. The molecule has 5 heteroatoms. The largest absolute Gasteiger partial charge is 0.421 e. The molecule has 0 unspecified atom stereocenters. The third kappa shape index (κ3) is 3.85. The molecule has 0 atom stereocenters. The molecule has 0 saturated carbocycles. The first kappa shape index (κ1) is 11.1. The maximum absolute atomic E-state index is 5.33. The van der Waals surface area contributed by atoms with Crippen LogP contribution in [0.3, 0.4) is 0 Å². The minimum atomic E-state index is 0.394. The van der Waals surface area contributed by atoms with Gasteiger partial charge in [0.05, 0.1) is 6.54 Å². The molecule has 0 radical (unpaired) electrons. The van der Waals surface area contributed by atoms with Gasteiger partial charge in [0.25, 0.3) is 0 Å². The van der Waals surface area contributed by atoms with E-state index in [1.165, 1.54) is 0 Å². The first-order chi connectivity index (χ1) is 6.72. The van der Waals surface area contributed by atoms with E-state index in [0.717, 1.165) is 0 Å². The zero-order chi connectivity index (χ0) is 10.4. The molecular formula is C9H17N3O2. The molecule has 0 spiro atoms. The number of aromatic nitrogens is 2. The van der Waals surface area contributed by atoms with Crippen LogP contribution in [0.2, 0.25) is 0 Å². The SMILES string of the molecule is CCOCc1nnc(CNC(C)C)o1. The van der Waals surface area contributed by atoms with E-state index in [4.69, 9.17) is 9.15 Å². The quantitative estimate of drug-likeness (QED) is 0.743. The predicted molar refractivity (Wildman–Crippen MR) is 51.6 cm³/mol. The number of hydrogen-bond donors (Lipinski definition) is 1. The number of nitrogens with zero attached hydrogens (tertiary/aromatic N) is 2. The molecule has 1 aromatic heterocycles. The molecule has 1 N–H and O–H groups in total. The Morgan fingerprint density at radius 1 is 1.36 bits per heavy atom. The van der Waals surface area contributed by atoms with Gasteiger partial charge in [0, 0.05) is 12.6 Å². The molecule has 80 valence electrons. The van der Waals surface area contributed by atoms with Crippen LogP contribution in [0, 0.1) is 0 Å². The van der Waals surface area contributed by atoms with Crippen molar-refractivity contribution in [3.8, 4) is 0 Å². The van der Waals surface area contributed by atoms with E-state index in [1.54, 1.807) is 0 Å². The molecule has 0 aromatic carbocycles. The first-order valence-electron chi connectivity index (χ1n) is 4.84. The smallest absolute Gasteiger partial charge is 0.242 e. The lowest BCUT2D eigenvalue weighted by atomic mass is 10.4. The maximum Gasteiger partial charge on any atom is 0.242 e. The van der Waals surface area contributed by atoms with Crippen molar-refractivity contribution >= 4 is 0 Å². The van der Waals surface area contributed by atoms with Gasteiger partial charge in [-0.25, -0.2) is 0 Å². The molecule has 5 nitrogen and oxygen atoms in total. The first-order valence-corrected chi connectivity index (χ1v) is 4.84. The van der Waals surface area contributed by atoms with E-state index in [1.807, 2.05) is 6.92 Å². The van der Waals surface area contributed by atoms with Crippen molar-refractivity contribution in [1.82, 2.24) is 15.5 Å². The maximum atomic E-state index is 5.33. The fourth-order valence-corrected chi connectivity index (χ4v) is 0.899. The molecule has 14 heavy (non-hydrogen) atoms. The molecule has 0 saturated heterocycles. The zero-order valence-electron chi connectivity index (χ0n) is 8.91. The Bertz CT molecular complexity index is 260. The van der Waals surface area contributed by atoms with Crippen molar-refractivity contribution in [2.45, 2.75) is 40.0 Å². The highest BCUT2D eigenvalue weighted by Gasteiger charge is 2.05. The highest BCUT2D eigenvalue weighted by Crippen LogP contribution is 2.01. The van der Waals surface area contributed by atoms with Crippen molar-refractivity contribution in [3.05, 3.63) is 11.8 Å². The van der Waals surface area contributed by atoms with Gasteiger partial charge in [-0.1, -0.05) is 13.8 Å². The molecule has 0 aliphatic carbocycles. The van der Waals surface area contributed by atoms with E-state index in [2.05, 4.69) is 29.4 Å². The fourth-order valence-electron chi connectivity index (χ4n) is 0.899. The number of nitrogens with one attached hydrogen (secondary N) is 1. The molecule has 1 rings (SSSR count). The highest BCUT2D eigenvalue weighted by atomic mass is 16.5. The van der Waals surface area contributed by atoms with E-state index in [0.29, 0.717) is 37.6 Å². The molecule has 0 fully saturated rings. The summed E-state index contributed by atoms with van der Waals surface area (Å²) in [5.74, 6) is 1.14. The van der Waals surface area contributed by atoms with Gasteiger partial charge in [-0.05, 0) is 6.92 Å². The summed E-state index contributed by atoms with van der Waals surface area (Å²) in [5.41, 5.74) is 0. The Kier molecular flexibility index (Phi) is 4.55. The molecular weight excluding hydrogens is 182 g/mol. The summed E-state index contributed by atoms with van der Waals surface area (Å²) >= 11 is 0. The van der Waals surface area contributed by atoms with Crippen molar-refractivity contribution in [1.29, 1.82) is 0 Å². The van der Waals surface area contributed by atoms with Gasteiger partial charge in [0.2, 0.25) is 11.8 Å². The second-order valence-electron chi connectivity index (χ2n) is 3.26.